The van der Waals surface area contributed by atoms with E-state index in [0.717, 1.165) is 17.3 Å². The zero-order valence-corrected chi connectivity index (χ0v) is 16.5. The first-order valence-corrected chi connectivity index (χ1v) is 9.78. The molecule has 29 heavy (non-hydrogen) atoms. The fraction of sp³-hybridized carbons (Fsp3) is 0.263. The lowest BCUT2D eigenvalue weighted by atomic mass is 10.2. The summed E-state index contributed by atoms with van der Waals surface area (Å²) in [6.07, 6.45) is 1.46. The molecule has 2 aromatic rings. The van der Waals surface area contributed by atoms with Crippen LogP contribution in [-0.4, -0.2) is 41.9 Å². The van der Waals surface area contributed by atoms with Gasteiger partial charge in [0.25, 0.3) is 5.91 Å². The minimum absolute atomic E-state index is 0.0599. The minimum Gasteiger partial charge on any atom is -0.467 e. The van der Waals surface area contributed by atoms with Crippen molar-refractivity contribution in [3.63, 3.8) is 0 Å². The van der Waals surface area contributed by atoms with Gasteiger partial charge in [0, 0.05) is 5.69 Å². The number of rotatable bonds is 9. The molecule has 10 heteroatoms. The highest BCUT2D eigenvalue weighted by atomic mass is 32.2. The second-order valence-corrected chi connectivity index (χ2v) is 6.87. The first kappa shape index (κ1) is 22.0. The largest absolute Gasteiger partial charge is 0.467 e. The van der Waals surface area contributed by atoms with Crippen molar-refractivity contribution in [2.75, 3.05) is 23.4 Å². The van der Waals surface area contributed by atoms with Crippen molar-refractivity contribution < 1.29 is 28.3 Å². The summed E-state index contributed by atoms with van der Waals surface area (Å²) in [7, 11) is 0. The van der Waals surface area contributed by atoms with Crippen LogP contribution in [-0.2, 0) is 25.7 Å². The Morgan fingerprint density at radius 2 is 1.90 bits per heavy atom. The van der Waals surface area contributed by atoms with Gasteiger partial charge in [0.05, 0.1) is 24.3 Å². The third kappa shape index (κ3) is 8.98. The SMILES string of the molecule is Cc1cccc(NC(=O)CSCC(=O)OCC(=O)NC(=O)NCc2ccco2)c1. The Bertz CT molecular complexity index is 853. The van der Waals surface area contributed by atoms with Gasteiger partial charge in [0.1, 0.15) is 5.76 Å². The number of urea groups is 1. The van der Waals surface area contributed by atoms with Crippen LogP contribution in [0.5, 0.6) is 0 Å². The van der Waals surface area contributed by atoms with Gasteiger partial charge in [-0.3, -0.25) is 19.7 Å². The number of esters is 1. The van der Waals surface area contributed by atoms with Gasteiger partial charge in [-0.25, -0.2) is 4.79 Å². The standard InChI is InChI=1S/C19H21N3O6S/c1-13-4-2-5-14(8-13)21-17(24)11-29-12-18(25)28-10-16(23)22-19(26)20-9-15-6-3-7-27-15/h2-8H,9-12H2,1H3,(H,21,24)(H2,20,22,23,26). The molecular weight excluding hydrogens is 398 g/mol. The normalized spacial score (nSPS) is 10.1. The Labute approximate surface area is 171 Å². The van der Waals surface area contributed by atoms with Gasteiger partial charge in [0.2, 0.25) is 5.91 Å². The second kappa shape index (κ2) is 11.5. The summed E-state index contributed by atoms with van der Waals surface area (Å²) in [4.78, 5) is 46.6. The summed E-state index contributed by atoms with van der Waals surface area (Å²) in [6, 6.07) is 9.96. The third-order valence-corrected chi connectivity index (χ3v) is 4.28. The molecule has 4 amide bonds. The van der Waals surface area contributed by atoms with Gasteiger partial charge >= 0.3 is 12.0 Å². The number of furan rings is 1. The van der Waals surface area contributed by atoms with Crippen LogP contribution in [0.3, 0.4) is 0 Å². The topological polar surface area (TPSA) is 127 Å². The molecule has 0 atom stereocenters. The number of amides is 4. The Morgan fingerprint density at radius 1 is 1.07 bits per heavy atom. The first-order valence-electron chi connectivity index (χ1n) is 8.62. The van der Waals surface area contributed by atoms with Crippen LogP contribution < -0.4 is 16.0 Å². The Hall–Kier alpha value is -3.27. The number of hydrogen-bond donors (Lipinski definition) is 3. The highest BCUT2D eigenvalue weighted by molar-refractivity contribution is 8.00. The summed E-state index contributed by atoms with van der Waals surface area (Å²) in [5.74, 6) is -1.19. The molecule has 0 spiro atoms. The second-order valence-electron chi connectivity index (χ2n) is 5.88. The molecule has 0 aliphatic carbocycles. The summed E-state index contributed by atoms with van der Waals surface area (Å²) < 4.78 is 9.80. The number of ether oxygens (including phenoxy) is 1. The third-order valence-electron chi connectivity index (χ3n) is 3.38. The van der Waals surface area contributed by atoms with Crippen molar-refractivity contribution in [2.45, 2.75) is 13.5 Å². The van der Waals surface area contributed by atoms with Crippen LogP contribution in [0, 0.1) is 6.92 Å². The maximum absolute atomic E-state index is 11.8. The molecule has 154 valence electrons. The van der Waals surface area contributed by atoms with Crippen molar-refractivity contribution in [1.29, 1.82) is 0 Å². The van der Waals surface area contributed by atoms with Gasteiger partial charge in [-0.2, -0.15) is 0 Å². The highest BCUT2D eigenvalue weighted by Crippen LogP contribution is 2.10. The van der Waals surface area contributed by atoms with Crippen LogP contribution in [0.2, 0.25) is 0 Å². The monoisotopic (exact) mass is 419 g/mol. The molecule has 0 radical (unpaired) electrons. The molecular formula is C19H21N3O6S. The number of nitrogens with one attached hydrogen (secondary N) is 3. The molecule has 0 saturated carbocycles. The van der Waals surface area contributed by atoms with Crippen molar-refractivity contribution in [1.82, 2.24) is 10.6 Å². The van der Waals surface area contributed by atoms with Crippen LogP contribution in [0.1, 0.15) is 11.3 Å². The van der Waals surface area contributed by atoms with Crippen LogP contribution in [0.15, 0.2) is 47.1 Å². The fourth-order valence-corrected chi connectivity index (χ4v) is 2.73. The molecule has 3 N–H and O–H groups in total. The van der Waals surface area contributed by atoms with Crippen molar-refractivity contribution in [2.24, 2.45) is 0 Å². The van der Waals surface area contributed by atoms with E-state index in [2.05, 4.69) is 10.6 Å². The maximum atomic E-state index is 11.8. The zero-order chi connectivity index (χ0) is 21.1. The lowest BCUT2D eigenvalue weighted by Crippen LogP contribution is -2.41. The number of imide groups is 1. The first-order chi connectivity index (χ1) is 13.9. The molecule has 9 nitrogen and oxygen atoms in total. The minimum atomic E-state index is -0.766. The average molecular weight is 419 g/mol. The van der Waals surface area contributed by atoms with E-state index in [9.17, 15) is 19.2 Å². The average Bonchev–Trinajstić information content (AvgIpc) is 3.18. The Kier molecular flexibility index (Phi) is 8.77. The van der Waals surface area contributed by atoms with Gasteiger partial charge in [-0.1, -0.05) is 12.1 Å². The smallest absolute Gasteiger partial charge is 0.321 e. The van der Waals surface area contributed by atoms with E-state index in [-0.39, 0.29) is 24.0 Å². The molecule has 0 saturated heterocycles. The number of carbonyl (C=O) groups is 4. The zero-order valence-electron chi connectivity index (χ0n) is 15.7. The molecule has 0 bridgehead atoms. The molecule has 0 fully saturated rings. The molecule has 1 aromatic carbocycles. The molecule has 1 aromatic heterocycles. The van der Waals surface area contributed by atoms with Crippen LogP contribution >= 0.6 is 11.8 Å². The number of thioether (sulfide) groups is 1. The quantitative estimate of drug-likeness (QED) is 0.529. The van der Waals surface area contributed by atoms with E-state index in [4.69, 9.17) is 9.15 Å². The van der Waals surface area contributed by atoms with Crippen LogP contribution in [0.4, 0.5) is 10.5 Å². The predicted octanol–water partition coefficient (Wildman–Crippen LogP) is 1.83. The Morgan fingerprint density at radius 3 is 2.62 bits per heavy atom. The fourth-order valence-electron chi connectivity index (χ4n) is 2.12. The van der Waals surface area contributed by atoms with Gasteiger partial charge in [-0.15, -0.1) is 11.8 Å². The maximum Gasteiger partial charge on any atom is 0.321 e. The van der Waals surface area contributed by atoms with Crippen molar-refractivity contribution in [3.8, 4) is 0 Å². The molecule has 1 heterocycles. The van der Waals surface area contributed by atoms with E-state index >= 15 is 0 Å². The van der Waals surface area contributed by atoms with E-state index in [0.29, 0.717) is 11.4 Å². The van der Waals surface area contributed by atoms with Gasteiger partial charge in [0.15, 0.2) is 6.61 Å². The lowest BCUT2D eigenvalue weighted by molar-refractivity contribution is -0.145. The van der Waals surface area contributed by atoms with Crippen molar-refractivity contribution >= 4 is 41.3 Å². The molecule has 0 aliphatic heterocycles. The lowest BCUT2D eigenvalue weighted by Gasteiger charge is -2.07. The molecule has 0 unspecified atom stereocenters. The van der Waals surface area contributed by atoms with E-state index in [1.807, 2.05) is 30.4 Å². The van der Waals surface area contributed by atoms with E-state index in [1.165, 1.54) is 6.26 Å². The predicted molar refractivity (Wildman–Crippen MR) is 107 cm³/mol. The van der Waals surface area contributed by atoms with Crippen LogP contribution in [0.25, 0.3) is 0 Å². The summed E-state index contributed by atoms with van der Waals surface area (Å²) in [6.45, 7) is 1.44. The number of anilines is 1. The van der Waals surface area contributed by atoms with E-state index in [1.54, 1.807) is 18.2 Å². The number of aryl methyl sites for hydroxylation is 1. The van der Waals surface area contributed by atoms with E-state index < -0.39 is 24.5 Å². The molecule has 2 rings (SSSR count). The molecule has 0 aliphatic rings. The Balaban J connectivity index is 1.56. The van der Waals surface area contributed by atoms with Gasteiger partial charge in [-0.05, 0) is 36.8 Å². The van der Waals surface area contributed by atoms with Gasteiger partial charge < -0.3 is 19.8 Å². The van der Waals surface area contributed by atoms with Crippen molar-refractivity contribution in [3.05, 3.63) is 54.0 Å². The number of benzene rings is 1. The highest BCUT2D eigenvalue weighted by Gasteiger charge is 2.12. The summed E-state index contributed by atoms with van der Waals surface area (Å²) >= 11 is 1.06. The number of carbonyl (C=O) groups excluding carboxylic acids is 4. The summed E-state index contributed by atoms with van der Waals surface area (Å²) in [5.41, 5.74) is 1.70. The number of hydrogen-bond acceptors (Lipinski definition) is 7. The summed E-state index contributed by atoms with van der Waals surface area (Å²) in [5, 5.41) is 7.17.